The lowest BCUT2D eigenvalue weighted by Crippen LogP contribution is -2.43. The topological polar surface area (TPSA) is 165 Å². The number of hydrazine groups is 1. The Balaban J connectivity index is 1.91. The van der Waals surface area contributed by atoms with Crippen LogP contribution in [0.4, 0.5) is 0 Å². The summed E-state index contributed by atoms with van der Waals surface area (Å²) in [5, 5.41) is 10.2. The lowest BCUT2D eigenvalue weighted by Gasteiger charge is -2.25. The molecule has 0 spiro atoms. The van der Waals surface area contributed by atoms with Crippen LogP contribution in [0.15, 0.2) is 22.3 Å². The van der Waals surface area contributed by atoms with Crippen molar-refractivity contribution < 1.29 is 19.1 Å². The molecule has 2 atom stereocenters. The van der Waals surface area contributed by atoms with Gasteiger partial charge >= 0.3 is 0 Å². The van der Waals surface area contributed by atoms with Gasteiger partial charge in [0, 0.05) is 29.6 Å². The number of hydrogen-bond donors (Lipinski definition) is 5. The highest BCUT2D eigenvalue weighted by molar-refractivity contribution is 8.14. The van der Waals surface area contributed by atoms with Gasteiger partial charge in [0.25, 0.3) is 6.47 Å². The number of aliphatic imine (C=N–C) groups is 1. The van der Waals surface area contributed by atoms with E-state index in [0.29, 0.717) is 45.9 Å². The van der Waals surface area contributed by atoms with E-state index < -0.39 is 11.6 Å². The molecule has 2 amide bonds. The molecule has 1 aliphatic heterocycles. The van der Waals surface area contributed by atoms with Gasteiger partial charge in [-0.3, -0.25) is 19.4 Å². The molecule has 11 nitrogen and oxygen atoms in total. The Kier molecular flexibility index (Phi) is 11.1. The number of carbonyl (C=O) groups is 3. The standard InChI is InChI=1S/C20H31N7O4S3/c1-3-23-19(30)20(2)11-34-18(26-20)15-10-33-17(25-15)8-24-16(29)6-14(31-12-28)9-27(22)13(7-21)4-5-32/h7,10,12,14,32H,3-6,8-9,11,21-22H2,1-2H3,(H,23,30)(H,24,29)/b13-7-. The van der Waals surface area contributed by atoms with Crippen molar-refractivity contribution in [3.8, 4) is 0 Å². The van der Waals surface area contributed by atoms with Crippen LogP contribution in [0.3, 0.4) is 0 Å². The summed E-state index contributed by atoms with van der Waals surface area (Å²) in [7, 11) is 0. The first-order valence-electron chi connectivity index (χ1n) is 10.6. The van der Waals surface area contributed by atoms with Gasteiger partial charge < -0.3 is 26.1 Å². The molecule has 2 unspecified atom stereocenters. The average molecular weight is 530 g/mol. The molecule has 1 aliphatic rings. The smallest absolute Gasteiger partial charge is 0.293 e. The number of nitrogens with zero attached hydrogens (tertiary/aromatic N) is 3. The van der Waals surface area contributed by atoms with Crippen molar-refractivity contribution in [1.82, 2.24) is 20.6 Å². The SMILES string of the molecule is CCNC(=O)C1(C)CSC(c2csc(CNC(=O)CC(CN(N)/C(=C\N)CCS)OC=O)n2)=N1. The van der Waals surface area contributed by atoms with Gasteiger partial charge in [0.1, 0.15) is 27.4 Å². The monoisotopic (exact) mass is 529 g/mol. The van der Waals surface area contributed by atoms with Crippen LogP contribution < -0.4 is 22.2 Å². The van der Waals surface area contributed by atoms with E-state index in [2.05, 4.69) is 33.2 Å². The fraction of sp³-hybridized carbons (Fsp3) is 0.550. The minimum atomic E-state index is -0.815. The number of rotatable bonds is 14. The Labute approximate surface area is 212 Å². The molecule has 2 heterocycles. The lowest BCUT2D eigenvalue weighted by atomic mass is 10.1. The van der Waals surface area contributed by atoms with Gasteiger partial charge in [0.05, 0.1) is 19.5 Å². The van der Waals surface area contributed by atoms with E-state index in [4.69, 9.17) is 16.3 Å². The first-order valence-corrected chi connectivity index (χ1v) is 13.1. The Hall–Kier alpha value is -2.29. The maximum atomic E-state index is 12.4. The van der Waals surface area contributed by atoms with Crippen LogP contribution in [0, 0.1) is 0 Å². The van der Waals surface area contributed by atoms with Crippen LogP contribution in [0.25, 0.3) is 0 Å². The number of hydrogen-bond acceptors (Lipinski definition) is 12. The van der Waals surface area contributed by atoms with Crippen LogP contribution >= 0.6 is 35.7 Å². The minimum Gasteiger partial charge on any atom is -0.462 e. The Bertz CT molecular complexity index is 924. The molecule has 1 aromatic heterocycles. The predicted octanol–water partition coefficient (Wildman–Crippen LogP) is 0.375. The molecule has 0 fully saturated rings. The summed E-state index contributed by atoms with van der Waals surface area (Å²) in [6, 6.07) is 0. The number of thiazole rings is 1. The number of nitrogens with one attached hydrogen (secondary N) is 2. The number of nitrogens with two attached hydrogens (primary N) is 2. The second-order valence-corrected chi connectivity index (χ2v) is 9.94. The summed E-state index contributed by atoms with van der Waals surface area (Å²) in [5.41, 5.74) is 6.06. The fourth-order valence-corrected chi connectivity index (χ4v) is 5.20. The highest BCUT2D eigenvalue weighted by Crippen LogP contribution is 2.31. The predicted molar refractivity (Wildman–Crippen MR) is 137 cm³/mol. The molecule has 1 aromatic rings. The Morgan fingerprint density at radius 3 is 2.85 bits per heavy atom. The van der Waals surface area contributed by atoms with Crippen LogP contribution in [-0.4, -0.2) is 69.6 Å². The van der Waals surface area contributed by atoms with Gasteiger partial charge in [0.15, 0.2) is 0 Å². The van der Waals surface area contributed by atoms with Crippen molar-refractivity contribution >= 4 is 59.1 Å². The summed E-state index contributed by atoms with van der Waals surface area (Å²) >= 11 is 7.02. The molecule has 0 bridgehead atoms. The van der Waals surface area contributed by atoms with Crippen molar-refractivity contribution in [2.75, 3.05) is 24.6 Å². The maximum absolute atomic E-state index is 12.4. The summed E-state index contributed by atoms with van der Waals surface area (Å²) in [5.74, 6) is 6.64. The lowest BCUT2D eigenvalue weighted by molar-refractivity contribution is -0.137. The highest BCUT2D eigenvalue weighted by Gasteiger charge is 2.38. The number of thiol groups is 1. The Morgan fingerprint density at radius 2 is 2.21 bits per heavy atom. The third-order valence-electron chi connectivity index (χ3n) is 4.86. The molecule has 0 radical (unpaired) electrons. The highest BCUT2D eigenvalue weighted by atomic mass is 32.2. The molecule has 34 heavy (non-hydrogen) atoms. The molecule has 0 aliphatic carbocycles. The molecule has 2 rings (SSSR count). The minimum absolute atomic E-state index is 0.0726. The normalized spacial score (nSPS) is 18.7. The van der Waals surface area contributed by atoms with E-state index in [0.717, 1.165) is 0 Å². The van der Waals surface area contributed by atoms with E-state index >= 15 is 0 Å². The number of carbonyl (C=O) groups excluding carboxylic acids is 3. The van der Waals surface area contributed by atoms with Gasteiger partial charge in [-0.15, -0.1) is 23.1 Å². The van der Waals surface area contributed by atoms with Crippen LogP contribution in [0.5, 0.6) is 0 Å². The Morgan fingerprint density at radius 1 is 1.44 bits per heavy atom. The molecular weight excluding hydrogens is 498 g/mol. The number of amides is 2. The summed E-state index contributed by atoms with van der Waals surface area (Å²) < 4.78 is 5.02. The van der Waals surface area contributed by atoms with Crippen molar-refractivity contribution in [3.05, 3.63) is 28.0 Å². The first-order chi connectivity index (χ1) is 16.3. The molecule has 188 valence electrons. The second-order valence-electron chi connectivity index (χ2n) is 7.58. The quantitative estimate of drug-likeness (QED) is 0.0991. The first kappa shape index (κ1) is 28.0. The summed E-state index contributed by atoms with van der Waals surface area (Å²) in [4.78, 5) is 44.7. The number of likely N-dealkylation sites (N-methyl/N-ethyl adjacent to an activating group) is 1. The number of thioether (sulfide) groups is 1. The van der Waals surface area contributed by atoms with E-state index in [-0.39, 0.29) is 37.8 Å². The van der Waals surface area contributed by atoms with E-state index in [1.54, 1.807) is 6.92 Å². The van der Waals surface area contributed by atoms with Gasteiger partial charge in [-0.2, -0.15) is 12.6 Å². The van der Waals surface area contributed by atoms with Gasteiger partial charge in [-0.05, 0) is 26.0 Å². The third kappa shape index (κ3) is 7.89. The van der Waals surface area contributed by atoms with E-state index in [1.807, 2.05) is 12.3 Å². The number of allylic oxidation sites excluding steroid dienone is 1. The van der Waals surface area contributed by atoms with Crippen molar-refractivity contribution in [1.29, 1.82) is 0 Å². The molecule has 14 heteroatoms. The molecular formula is C20H31N7O4S3. The van der Waals surface area contributed by atoms with Crippen molar-refractivity contribution in [2.45, 2.75) is 44.9 Å². The van der Waals surface area contributed by atoms with Crippen molar-refractivity contribution in [2.24, 2.45) is 16.6 Å². The van der Waals surface area contributed by atoms with Crippen molar-refractivity contribution in [3.63, 3.8) is 0 Å². The average Bonchev–Trinajstić information content (AvgIpc) is 3.44. The third-order valence-corrected chi connectivity index (χ3v) is 7.22. The van der Waals surface area contributed by atoms with Gasteiger partial charge in [-0.1, -0.05) is 0 Å². The second kappa shape index (κ2) is 13.6. The van der Waals surface area contributed by atoms with Gasteiger partial charge in [-0.25, -0.2) is 10.8 Å². The van der Waals surface area contributed by atoms with Crippen LogP contribution in [0.2, 0.25) is 0 Å². The summed E-state index contributed by atoms with van der Waals surface area (Å²) in [6.45, 7) is 4.82. The van der Waals surface area contributed by atoms with E-state index in [9.17, 15) is 14.4 Å². The van der Waals surface area contributed by atoms with Crippen LogP contribution in [0.1, 0.15) is 37.4 Å². The number of aromatic nitrogens is 1. The van der Waals surface area contributed by atoms with E-state index in [1.165, 1.54) is 34.3 Å². The number of ether oxygens (including phenoxy) is 1. The fourth-order valence-electron chi connectivity index (χ4n) is 3.05. The largest absolute Gasteiger partial charge is 0.462 e. The molecule has 6 N–H and O–H groups in total. The zero-order valence-corrected chi connectivity index (χ0v) is 21.7. The molecule has 0 saturated carbocycles. The zero-order chi connectivity index (χ0) is 25.1. The van der Waals surface area contributed by atoms with Crippen LogP contribution in [-0.2, 0) is 25.7 Å². The van der Waals surface area contributed by atoms with Gasteiger partial charge in [0.2, 0.25) is 11.8 Å². The molecule has 0 saturated heterocycles. The zero-order valence-electron chi connectivity index (χ0n) is 19.2. The molecule has 0 aromatic carbocycles. The summed E-state index contributed by atoms with van der Waals surface area (Å²) in [6.07, 6.45) is 1.08. The maximum Gasteiger partial charge on any atom is 0.293 e.